The number of anilines is 1. The molecule has 3 aromatic carbocycles. The average Bonchev–Trinajstić information content (AvgIpc) is 3.17. The summed E-state index contributed by atoms with van der Waals surface area (Å²) in [6, 6.07) is 19.8. The minimum absolute atomic E-state index is 0.0949. The predicted octanol–water partition coefficient (Wildman–Crippen LogP) is 4.37. The van der Waals surface area contributed by atoms with E-state index in [1.807, 2.05) is 18.2 Å². The van der Waals surface area contributed by atoms with E-state index in [2.05, 4.69) is 0 Å². The fraction of sp³-hybridized carbons (Fsp3) is 0.222. The molecule has 1 saturated heterocycles. The summed E-state index contributed by atoms with van der Waals surface area (Å²) in [5.74, 6) is 0.0954. The fourth-order valence-corrected chi connectivity index (χ4v) is 4.32. The Kier molecular flexibility index (Phi) is 7.36. The molecule has 8 heteroatoms. The molecule has 1 aliphatic heterocycles. The highest BCUT2D eigenvalue weighted by Gasteiger charge is 2.44. The molecule has 1 unspecified atom stereocenters. The summed E-state index contributed by atoms with van der Waals surface area (Å²) in [4.78, 5) is 42.5. The zero-order valence-electron chi connectivity index (χ0n) is 19.4. The monoisotopic (exact) mass is 492 g/mol. The van der Waals surface area contributed by atoms with Gasteiger partial charge in [0, 0.05) is 17.1 Å². The Morgan fingerprint density at radius 2 is 1.60 bits per heavy atom. The van der Waals surface area contributed by atoms with E-state index < -0.39 is 11.9 Å². The number of rotatable bonds is 8. The van der Waals surface area contributed by atoms with Gasteiger partial charge in [0.15, 0.2) is 0 Å². The molecule has 7 nitrogen and oxygen atoms in total. The van der Waals surface area contributed by atoms with E-state index in [0.717, 1.165) is 10.5 Å². The van der Waals surface area contributed by atoms with Crippen LogP contribution in [-0.2, 0) is 16.0 Å². The van der Waals surface area contributed by atoms with Crippen molar-refractivity contribution in [2.45, 2.75) is 18.9 Å². The van der Waals surface area contributed by atoms with Gasteiger partial charge in [0.2, 0.25) is 5.91 Å². The van der Waals surface area contributed by atoms with E-state index in [-0.39, 0.29) is 24.8 Å². The minimum Gasteiger partial charge on any atom is -0.497 e. The number of amides is 3. The van der Waals surface area contributed by atoms with Crippen molar-refractivity contribution in [1.82, 2.24) is 4.90 Å². The van der Waals surface area contributed by atoms with Crippen LogP contribution < -0.4 is 14.4 Å². The molecule has 0 radical (unpaired) electrons. The second-order valence-corrected chi connectivity index (χ2v) is 8.53. The summed E-state index contributed by atoms with van der Waals surface area (Å²) in [7, 11) is 3.09. The van der Waals surface area contributed by atoms with Crippen molar-refractivity contribution in [3.63, 3.8) is 0 Å². The van der Waals surface area contributed by atoms with Crippen molar-refractivity contribution < 1.29 is 23.9 Å². The molecule has 0 bridgehead atoms. The summed E-state index contributed by atoms with van der Waals surface area (Å²) in [5, 5.41) is 0.591. The Morgan fingerprint density at radius 1 is 0.971 bits per heavy atom. The molecule has 1 aliphatic rings. The van der Waals surface area contributed by atoms with Crippen LogP contribution in [0.4, 0.5) is 5.69 Å². The molecular weight excluding hydrogens is 468 g/mol. The summed E-state index contributed by atoms with van der Waals surface area (Å²) < 4.78 is 10.3. The number of nitrogens with zero attached hydrogens (tertiary/aromatic N) is 2. The van der Waals surface area contributed by atoms with Gasteiger partial charge in [-0.2, -0.15) is 0 Å². The van der Waals surface area contributed by atoms with Gasteiger partial charge in [-0.1, -0.05) is 23.7 Å². The van der Waals surface area contributed by atoms with Crippen molar-refractivity contribution >= 4 is 35.0 Å². The molecule has 3 amide bonds. The van der Waals surface area contributed by atoms with Crippen LogP contribution in [0.1, 0.15) is 22.3 Å². The summed E-state index contributed by atoms with van der Waals surface area (Å²) in [6.45, 7) is 0.241. The minimum atomic E-state index is -0.918. The van der Waals surface area contributed by atoms with E-state index in [0.29, 0.717) is 34.2 Å². The first-order valence-corrected chi connectivity index (χ1v) is 11.5. The van der Waals surface area contributed by atoms with Gasteiger partial charge in [-0.3, -0.25) is 14.4 Å². The predicted molar refractivity (Wildman–Crippen MR) is 133 cm³/mol. The van der Waals surface area contributed by atoms with E-state index >= 15 is 0 Å². The first-order chi connectivity index (χ1) is 16.9. The third kappa shape index (κ3) is 5.30. The van der Waals surface area contributed by atoms with Gasteiger partial charge in [0.1, 0.15) is 17.5 Å². The molecule has 1 atom stereocenters. The van der Waals surface area contributed by atoms with E-state index in [1.54, 1.807) is 68.8 Å². The lowest BCUT2D eigenvalue weighted by atomic mass is 10.1. The van der Waals surface area contributed by atoms with Crippen LogP contribution in [0.2, 0.25) is 5.02 Å². The van der Waals surface area contributed by atoms with Crippen LogP contribution >= 0.6 is 11.6 Å². The smallest absolute Gasteiger partial charge is 0.257 e. The van der Waals surface area contributed by atoms with Crippen LogP contribution in [0.5, 0.6) is 11.5 Å². The Bertz CT molecular complexity index is 1230. The maximum Gasteiger partial charge on any atom is 0.257 e. The molecule has 1 heterocycles. The van der Waals surface area contributed by atoms with E-state index in [9.17, 15) is 14.4 Å². The number of carbonyl (C=O) groups excluding carboxylic acids is 3. The maximum atomic E-state index is 13.6. The fourth-order valence-electron chi connectivity index (χ4n) is 4.10. The molecule has 35 heavy (non-hydrogen) atoms. The standard InChI is InChI=1S/C27H25ClN2O5/c1-34-22-10-6-19(7-11-22)26(32)29(15-14-18-4-3-5-20(28)16-18)24-17-25(31)30(27(24)33)21-8-12-23(35-2)13-9-21/h3-13,16,24H,14-15,17H2,1-2H3. The van der Waals surface area contributed by atoms with Gasteiger partial charge in [-0.05, 0) is 72.6 Å². The molecule has 0 N–H and O–H groups in total. The number of hydrogen-bond acceptors (Lipinski definition) is 5. The first-order valence-electron chi connectivity index (χ1n) is 11.1. The lowest BCUT2D eigenvalue weighted by molar-refractivity contribution is -0.122. The van der Waals surface area contributed by atoms with Crippen LogP contribution in [0.15, 0.2) is 72.8 Å². The number of hydrogen-bond donors (Lipinski definition) is 0. The third-order valence-corrected chi connectivity index (χ3v) is 6.19. The normalized spacial score (nSPS) is 15.3. The van der Waals surface area contributed by atoms with Crippen LogP contribution in [0.3, 0.4) is 0 Å². The zero-order chi connectivity index (χ0) is 24.9. The van der Waals surface area contributed by atoms with Crippen LogP contribution in [-0.4, -0.2) is 49.4 Å². The summed E-state index contributed by atoms with van der Waals surface area (Å²) in [6.07, 6.45) is 0.380. The Balaban J connectivity index is 1.62. The van der Waals surface area contributed by atoms with Crippen LogP contribution in [0, 0.1) is 0 Å². The van der Waals surface area contributed by atoms with E-state index in [4.69, 9.17) is 21.1 Å². The molecule has 4 rings (SSSR count). The van der Waals surface area contributed by atoms with Gasteiger partial charge in [0.25, 0.3) is 11.8 Å². The van der Waals surface area contributed by atoms with Crippen LogP contribution in [0.25, 0.3) is 0 Å². The molecule has 0 aliphatic carbocycles. The highest BCUT2D eigenvalue weighted by Crippen LogP contribution is 2.29. The maximum absolute atomic E-state index is 13.6. The van der Waals surface area contributed by atoms with E-state index in [1.165, 1.54) is 4.90 Å². The molecule has 0 saturated carbocycles. The van der Waals surface area contributed by atoms with Crippen molar-refractivity contribution in [1.29, 1.82) is 0 Å². The summed E-state index contributed by atoms with van der Waals surface area (Å²) >= 11 is 6.12. The number of imide groups is 1. The quantitative estimate of drug-likeness (QED) is 0.436. The van der Waals surface area contributed by atoms with Gasteiger partial charge < -0.3 is 14.4 Å². The highest BCUT2D eigenvalue weighted by molar-refractivity contribution is 6.30. The molecule has 0 aromatic heterocycles. The van der Waals surface area contributed by atoms with Gasteiger partial charge in [-0.15, -0.1) is 0 Å². The van der Waals surface area contributed by atoms with Crippen molar-refractivity contribution in [2.75, 3.05) is 25.7 Å². The van der Waals surface area contributed by atoms with Crippen molar-refractivity contribution in [2.24, 2.45) is 0 Å². The largest absolute Gasteiger partial charge is 0.497 e. The molecule has 0 spiro atoms. The van der Waals surface area contributed by atoms with Crippen molar-refractivity contribution in [3.05, 3.63) is 88.9 Å². The molecule has 180 valence electrons. The second-order valence-electron chi connectivity index (χ2n) is 8.09. The Hall–Kier alpha value is -3.84. The SMILES string of the molecule is COc1ccc(C(=O)N(CCc2cccc(Cl)c2)C2CC(=O)N(c3ccc(OC)cc3)C2=O)cc1. The average molecular weight is 493 g/mol. The second kappa shape index (κ2) is 10.6. The summed E-state index contributed by atoms with van der Waals surface area (Å²) in [5.41, 5.74) is 1.77. The van der Waals surface area contributed by atoms with Crippen molar-refractivity contribution in [3.8, 4) is 11.5 Å². The zero-order valence-corrected chi connectivity index (χ0v) is 20.2. The number of carbonyl (C=O) groups is 3. The topological polar surface area (TPSA) is 76.2 Å². The molecule has 3 aromatic rings. The third-order valence-electron chi connectivity index (χ3n) is 5.96. The number of ether oxygens (including phenoxy) is 2. The Labute approximate surface area is 208 Å². The van der Waals surface area contributed by atoms with Gasteiger partial charge >= 0.3 is 0 Å². The number of benzene rings is 3. The lowest BCUT2D eigenvalue weighted by Crippen LogP contribution is -2.46. The highest BCUT2D eigenvalue weighted by atomic mass is 35.5. The number of halogens is 1. The number of methoxy groups -OCH3 is 2. The Morgan fingerprint density at radius 3 is 2.20 bits per heavy atom. The molecule has 1 fully saturated rings. The lowest BCUT2D eigenvalue weighted by Gasteiger charge is -2.28. The first kappa shape index (κ1) is 24.3. The molecular formula is C27H25ClN2O5. The van der Waals surface area contributed by atoms with Gasteiger partial charge in [-0.25, -0.2) is 4.90 Å². The van der Waals surface area contributed by atoms with Gasteiger partial charge in [0.05, 0.1) is 26.3 Å².